The predicted molar refractivity (Wildman–Crippen MR) is 67.8 cm³/mol. The number of nitrogens with zero attached hydrogens (tertiary/aromatic N) is 1. The van der Waals surface area contributed by atoms with Crippen LogP contribution in [0, 0.1) is 0 Å². The van der Waals surface area contributed by atoms with Crippen molar-refractivity contribution in [2.24, 2.45) is 0 Å². The van der Waals surface area contributed by atoms with E-state index >= 15 is 0 Å². The summed E-state index contributed by atoms with van der Waals surface area (Å²) in [6.45, 7) is 0. The summed E-state index contributed by atoms with van der Waals surface area (Å²) in [4.78, 5) is 17.0. The summed E-state index contributed by atoms with van der Waals surface area (Å²) in [6, 6.07) is 10.4. The number of hydrogen-bond donors (Lipinski definition) is 1. The molecule has 0 aliphatic carbocycles. The maximum atomic E-state index is 11.3. The van der Waals surface area contributed by atoms with Gasteiger partial charge in [-0.3, -0.25) is 0 Å². The molecular formula is C13H11NO3S. The topological polar surface area (TPSA) is 59.4 Å². The molecular weight excluding hydrogens is 250 g/mol. The summed E-state index contributed by atoms with van der Waals surface area (Å²) in [5.41, 5.74) is 0.266. The number of pyridine rings is 1. The van der Waals surface area contributed by atoms with Crippen molar-refractivity contribution in [1.82, 2.24) is 4.98 Å². The van der Waals surface area contributed by atoms with Crippen molar-refractivity contribution in [3.63, 3.8) is 0 Å². The van der Waals surface area contributed by atoms with Gasteiger partial charge >= 0.3 is 5.97 Å². The highest BCUT2D eigenvalue weighted by molar-refractivity contribution is 7.99. The Balaban J connectivity index is 2.22. The quantitative estimate of drug-likeness (QED) is 0.861. The Hall–Kier alpha value is -2.01. The molecule has 0 aliphatic rings. The van der Waals surface area contributed by atoms with Crippen molar-refractivity contribution >= 4 is 17.7 Å². The van der Waals surface area contributed by atoms with E-state index in [9.17, 15) is 9.90 Å². The van der Waals surface area contributed by atoms with E-state index < -0.39 is 5.97 Å². The van der Waals surface area contributed by atoms with E-state index in [0.29, 0.717) is 0 Å². The fraction of sp³-hybridized carbons (Fsp3) is 0.0769. The van der Waals surface area contributed by atoms with Gasteiger partial charge in [0.1, 0.15) is 11.4 Å². The monoisotopic (exact) mass is 261 g/mol. The minimum Gasteiger partial charge on any atom is -0.508 e. The normalized spacial score (nSPS) is 10.1. The van der Waals surface area contributed by atoms with E-state index in [2.05, 4.69) is 9.72 Å². The van der Waals surface area contributed by atoms with Crippen LogP contribution in [-0.2, 0) is 4.74 Å². The molecule has 2 rings (SSSR count). The van der Waals surface area contributed by atoms with Crippen molar-refractivity contribution < 1.29 is 14.6 Å². The number of benzene rings is 1. The highest BCUT2D eigenvalue weighted by Crippen LogP contribution is 2.29. The summed E-state index contributed by atoms with van der Waals surface area (Å²) >= 11 is 1.44. The molecule has 0 saturated heterocycles. The van der Waals surface area contributed by atoms with Crippen molar-refractivity contribution in [2.45, 2.75) is 9.79 Å². The van der Waals surface area contributed by atoms with Crippen molar-refractivity contribution in [3.05, 3.63) is 48.3 Å². The van der Waals surface area contributed by atoms with Gasteiger partial charge in [0, 0.05) is 16.0 Å². The average Bonchev–Trinajstić information content (AvgIpc) is 2.38. The summed E-state index contributed by atoms with van der Waals surface area (Å²) in [6.07, 6.45) is 1.55. The Morgan fingerprint density at radius 3 is 2.78 bits per heavy atom. The van der Waals surface area contributed by atoms with Gasteiger partial charge in [-0.15, -0.1) is 0 Å². The second kappa shape index (κ2) is 5.55. The summed E-state index contributed by atoms with van der Waals surface area (Å²) in [5, 5.41) is 9.37. The molecule has 2 aromatic rings. The van der Waals surface area contributed by atoms with E-state index in [1.807, 2.05) is 6.07 Å². The van der Waals surface area contributed by atoms with Gasteiger partial charge in [-0.25, -0.2) is 9.78 Å². The van der Waals surface area contributed by atoms with Crippen LogP contribution in [0.3, 0.4) is 0 Å². The first kappa shape index (κ1) is 12.4. The van der Waals surface area contributed by atoms with Crippen molar-refractivity contribution in [1.29, 1.82) is 0 Å². The van der Waals surface area contributed by atoms with Crippen molar-refractivity contribution in [2.75, 3.05) is 7.11 Å². The lowest BCUT2D eigenvalue weighted by Crippen LogP contribution is -2.03. The second-order valence-corrected chi connectivity index (χ2v) is 4.61. The Labute approximate surface area is 109 Å². The van der Waals surface area contributed by atoms with E-state index in [1.54, 1.807) is 36.5 Å². The van der Waals surface area contributed by atoms with Crippen LogP contribution in [0.5, 0.6) is 5.75 Å². The zero-order valence-electron chi connectivity index (χ0n) is 9.66. The van der Waals surface area contributed by atoms with Gasteiger partial charge in [-0.1, -0.05) is 17.8 Å². The third-order valence-electron chi connectivity index (χ3n) is 2.18. The van der Waals surface area contributed by atoms with E-state index in [4.69, 9.17) is 0 Å². The summed E-state index contributed by atoms with van der Waals surface area (Å²) in [5.74, 6) is -0.254. The van der Waals surface area contributed by atoms with Gasteiger partial charge in [0.2, 0.25) is 0 Å². The van der Waals surface area contributed by atoms with Gasteiger partial charge in [-0.2, -0.15) is 0 Å². The summed E-state index contributed by atoms with van der Waals surface area (Å²) in [7, 11) is 1.32. The Morgan fingerprint density at radius 2 is 2.06 bits per heavy atom. The first-order chi connectivity index (χ1) is 8.69. The van der Waals surface area contributed by atoms with Crippen LogP contribution >= 0.6 is 11.8 Å². The SMILES string of the molecule is COC(=O)c1cc(Sc2cccc(O)c2)ccn1. The number of methoxy groups -OCH3 is 1. The van der Waals surface area contributed by atoms with Gasteiger partial charge in [0.05, 0.1) is 7.11 Å². The molecule has 4 nitrogen and oxygen atoms in total. The lowest BCUT2D eigenvalue weighted by atomic mass is 10.3. The van der Waals surface area contributed by atoms with Gasteiger partial charge in [0.25, 0.3) is 0 Å². The maximum absolute atomic E-state index is 11.3. The fourth-order valence-electron chi connectivity index (χ4n) is 1.37. The number of esters is 1. The third-order valence-corrected chi connectivity index (χ3v) is 3.16. The molecule has 92 valence electrons. The van der Waals surface area contributed by atoms with Gasteiger partial charge in [-0.05, 0) is 30.3 Å². The molecule has 0 spiro atoms. The van der Waals surface area contributed by atoms with E-state index in [1.165, 1.54) is 18.9 Å². The van der Waals surface area contributed by atoms with Crippen LogP contribution < -0.4 is 0 Å². The Bertz CT molecular complexity index is 572. The first-order valence-electron chi connectivity index (χ1n) is 5.20. The number of ether oxygens (including phenoxy) is 1. The number of carbonyl (C=O) groups is 1. The molecule has 0 fully saturated rings. The minimum atomic E-state index is -0.464. The standard InChI is InChI=1S/C13H11NO3S/c1-17-13(16)12-8-11(5-6-14-12)18-10-4-2-3-9(15)7-10/h2-8,15H,1H3. The van der Waals surface area contributed by atoms with Crippen LogP contribution in [0.4, 0.5) is 0 Å². The fourth-order valence-corrected chi connectivity index (χ4v) is 2.27. The first-order valence-corrected chi connectivity index (χ1v) is 6.02. The highest BCUT2D eigenvalue weighted by Gasteiger charge is 2.08. The lowest BCUT2D eigenvalue weighted by molar-refractivity contribution is 0.0593. The van der Waals surface area contributed by atoms with Crippen LogP contribution in [0.2, 0.25) is 0 Å². The highest BCUT2D eigenvalue weighted by atomic mass is 32.2. The van der Waals surface area contributed by atoms with Gasteiger partial charge < -0.3 is 9.84 Å². The molecule has 0 atom stereocenters. The molecule has 0 aliphatic heterocycles. The Kier molecular flexibility index (Phi) is 3.84. The summed E-state index contributed by atoms with van der Waals surface area (Å²) < 4.78 is 4.61. The maximum Gasteiger partial charge on any atom is 0.356 e. The molecule has 18 heavy (non-hydrogen) atoms. The Morgan fingerprint density at radius 1 is 1.28 bits per heavy atom. The van der Waals surface area contributed by atoms with Crippen LogP contribution in [-0.4, -0.2) is 23.2 Å². The molecule has 0 amide bonds. The number of phenols is 1. The molecule has 0 bridgehead atoms. The average molecular weight is 261 g/mol. The molecule has 1 aromatic heterocycles. The van der Waals surface area contributed by atoms with E-state index in [0.717, 1.165) is 9.79 Å². The number of aromatic hydroxyl groups is 1. The molecule has 1 heterocycles. The number of aromatic nitrogens is 1. The molecule has 0 saturated carbocycles. The molecule has 1 aromatic carbocycles. The van der Waals surface area contributed by atoms with Gasteiger partial charge in [0.15, 0.2) is 0 Å². The number of phenolic OH excluding ortho intramolecular Hbond substituents is 1. The zero-order chi connectivity index (χ0) is 13.0. The minimum absolute atomic E-state index is 0.210. The predicted octanol–water partition coefficient (Wildman–Crippen LogP) is 2.73. The smallest absolute Gasteiger partial charge is 0.356 e. The van der Waals surface area contributed by atoms with E-state index in [-0.39, 0.29) is 11.4 Å². The number of carbonyl (C=O) groups excluding carboxylic acids is 1. The molecule has 0 unspecified atom stereocenters. The molecule has 1 N–H and O–H groups in total. The molecule has 5 heteroatoms. The lowest BCUT2D eigenvalue weighted by Gasteiger charge is -2.03. The number of hydrogen-bond acceptors (Lipinski definition) is 5. The largest absolute Gasteiger partial charge is 0.508 e. The van der Waals surface area contributed by atoms with Crippen molar-refractivity contribution in [3.8, 4) is 5.75 Å². The van der Waals surface area contributed by atoms with Crippen LogP contribution in [0.25, 0.3) is 0 Å². The number of rotatable bonds is 3. The van der Waals surface area contributed by atoms with Crippen LogP contribution in [0.15, 0.2) is 52.4 Å². The zero-order valence-corrected chi connectivity index (χ0v) is 10.5. The molecule has 0 radical (unpaired) electrons. The third kappa shape index (κ3) is 3.01. The second-order valence-electron chi connectivity index (χ2n) is 3.47. The van der Waals surface area contributed by atoms with Crippen LogP contribution in [0.1, 0.15) is 10.5 Å².